The molecule has 0 rings (SSSR count). The summed E-state index contributed by atoms with van der Waals surface area (Å²) in [6.07, 6.45) is 3.37. The van der Waals surface area contributed by atoms with Crippen molar-refractivity contribution in [3.63, 3.8) is 0 Å². The first-order chi connectivity index (χ1) is 5.31. The molecule has 0 heterocycles. The number of carbonyl (C=O) groups excluding carboxylic acids is 1. The minimum absolute atomic E-state index is 0.344. The molecule has 0 amide bonds. The van der Waals surface area contributed by atoms with Gasteiger partial charge in [0.05, 0.1) is 6.61 Å². The topological polar surface area (TPSA) is 38.7 Å². The molecular weight excluding hydrogens is 142 g/mol. The molecule has 0 saturated carbocycles. The van der Waals surface area contributed by atoms with Gasteiger partial charge in [0, 0.05) is 6.54 Å². The number of carbonyl (C=O) groups is 1. The molecule has 0 bridgehead atoms. The van der Waals surface area contributed by atoms with Crippen LogP contribution in [-0.4, -0.2) is 25.3 Å². The molecule has 0 fully saturated rings. The second kappa shape index (κ2) is 7.25. The molecule has 0 aromatic rings. The fourth-order valence-corrected chi connectivity index (χ4v) is 0.568. The van der Waals surface area contributed by atoms with Crippen LogP contribution in [0.25, 0.3) is 0 Å². The van der Waals surface area contributed by atoms with Crippen molar-refractivity contribution in [2.45, 2.75) is 26.7 Å². The van der Waals surface area contributed by atoms with E-state index in [2.05, 4.69) is 16.7 Å². The predicted octanol–water partition coefficient (Wildman–Crippen LogP) is 1.42. The van der Waals surface area contributed by atoms with Crippen LogP contribution in [0.4, 0.5) is 0 Å². The first-order valence-electron chi connectivity index (χ1n) is 3.97. The highest BCUT2D eigenvalue weighted by Crippen LogP contribution is 1.85. The van der Waals surface area contributed by atoms with Crippen molar-refractivity contribution >= 4 is 12.2 Å². The summed E-state index contributed by atoms with van der Waals surface area (Å²) >= 11 is 0. The number of unbranched alkanes of at least 4 members (excludes halogenated alkanes) is 1. The van der Waals surface area contributed by atoms with Gasteiger partial charge in [0.1, 0.15) is 6.21 Å². The molecule has 0 aliphatic heterocycles. The first-order valence-corrected chi connectivity index (χ1v) is 3.97. The molecule has 0 aromatic heterocycles. The summed E-state index contributed by atoms with van der Waals surface area (Å²) in [5, 5.41) is 0. The van der Waals surface area contributed by atoms with Crippen LogP contribution in [0.1, 0.15) is 26.7 Å². The fourth-order valence-electron chi connectivity index (χ4n) is 0.568. The third kappa shape index (κ3) is 7.03. The highest BCUT2D eigenvalue weighted by atomic mass is 16.5. The number of aliphatic imine (C=N–C) groups is 1. The summed E-state index contributed by atoms with van der Waals surface area (Å²) in [4.78, 5) is 14.5. The zero-order valence-corrected chi connectivity index (χ0v) is 7.17. The largest absolute Gasteiger partial charge is 0.462 e. The highest BCUT2D eigenvalue weighted by molar-refractivity contribution is 6.23. The van der Waals surface area contributed by atoms with Gasteiger partial charge in [-0.3, -0.25) is 4.99 Å². The van der Waals surface area contributed by atoms with Crippen molar-refractivity contribution in [2.75, 3.05) is 13.2 Å². The van der Waals surface area contributed by atoms with E-state index in [9.17, 15) is 4.79 Å². The molecule has 0 aromatic carbocycles. The van der Waals surface area contributed by atoms with Crippen LogP contribution in [-0.2, 0) is 9.53 Å². The van der Waals surface area contributed by atoms with E-state index in [1.165, 1.54) is 6.21 Å². The molecule has 0 aliphatic rings. The van der Waals surface area contributed by atoms with Crippen LogP contribution < -0.4 is 0 Å². The molecule has 0 spiro atoms. The van der Waals surface area contributed by atoms with Crippen molar-refractivity contribution < 1.29 is 9.53 Å². The Morgan fingerprint density at radius 1 is 1.55 bits per heavy atom. The molecule has 3 nitrogen and oxygen atoms in total. The molecule has 0 N–H and O–H groups in total. The Morgan fingerprint density at radius 3 is 2.82 bits per heavy atom. The summed E-state index contributed by atoms with van der Waals surface area (Å²) in [6.45, 7) is 4.99. The normalized spacial score (nSPS) is 10.4. The summed E-state index contributed by atoms with van der Waals surface area (Å²) in [6, 6.07) is 0. The molecule has 3 heteroatoms. The molecule has 11 heavy (non-hydrogen) atoms. The van der Waals surface area contributed by atoms with Gasteiger partial charge in [-0.1, -0.05) is 13.3 Å². The van der Waals surface area contributed by atoms with Gasteiger partial charge in [0.2, 0.25) is 0 Å². The third-order valence-corrected chi connectivity index (χ3v) is 1.12. The van der Waals surface area contributed by atoms with E-state index in [1.54, 1.807) is 6.92 Å². The predicted molar refractivity (Wildman–Crippen MR) is 44.9 cm³/mol. The number of hydrogen-bond acceptors (Lipinski definition) is 3. The van der Waals surface area contributed by atoms with Gasteiger partial charge >= 0.3 is 5.97 Å². The Morgan fingerprint density at radius 2 is 2.27 bits per heavy atom. The number of rotatable bonds is 5. The first kappa shape index (κ1) is 10.1. The van der Waals surface area contributed by atoms with Gasteiger partial charge in [-0.15, -0.1) is 0 Å². The van der Waals surface area contributed by atoms with Gasteiger partial charge in [0.25, 0.3) is 0 Å². The van der Waals surface area contributed by atoms with Gasteiger partial charge in [-0.25, -0.2) is 4.79 Å². The lowest BCUT2D eigenvalue weighted by Gasteiger charge is -1.93. The van der Waals surface area contributed by atoms with E-state index in [1.807, 2.05) is 0 Å². The summed E-state index contributed by atoms with van der Waals surface area (Å²) in [5.74, 6) is -0.344. The van der Waals surface area contributed by atoms with Crippen molar-refractivity contribution in [3.05, 3.63) is 0 Å². The van der Waals surface area contributed by atoms with Crippen molar-refractivity contribution in [1.29, 1.82) is 0 Å². The Bertz CT molecular complexity index is 132. The average Bonchev–Trinajstić information content (AvgIpc) is 1.99. The van der Waals surface area contributed by atoms with Crippen LogP contribution in [0.3, 0.4) is 0 Å². The van der Waals surface area contributed by atoms with E-state index in [0.717, 1.165) is 19.4 Å². The van der Waals surface area contributed by atoms with Crippen molar-refractivity contribution in [1.82, 2.24) is 0 Å². The smallest absolute Gasteiger partial charge is 0.348 e. The maximum atomic E-state index is 10.6. The number of ether oxygens (including phenoxy) is 1. The Kier molecular flexibility index (Phi) is 6.68. The molecule has 0 atom stereocenters. The van der Waals surface area contributed by atoms with Gasteiger partial charge in [-0.05, 0) is 13.3 Å². The van der Waals surface area contributed by atoms with Crippen LogP contribution >= 0.6 is 0 Å². The van der Waals surface area contributed by atoms with Gasteiger partial charge < -0.3 is 4.74 Å². The molecule has 0 radical (unpaired) electrons. The number of hydrogen-bond donors (Lipinski definition) is 0. The van der Waals surface area contributed by atoms with Gasteiger partial charge in [0.15, 0.2) is 0 Å². The SMILES string of the molecule is CCCCN=CC(=O)OCC. The maximum absolute atomic E-state index is 10.6. The molecule has 0 aliphatic carbocycles. The van der Waals surface area contributed by atoms with Crippen LogP contribution in [0.15, 0.2) is 4.99 Å². The van der Waals surface area contributed by atoms with Crippen LogP contribution in [0.5, 0.6) is 0 Å². The minimum Gasteiger partial charge on any atom is -0.462 e. The molecular formula is C8H15NO2. The van der Waals surface area contributed by atoms with Gasteiger partial charge in [-0.2, -0.15) is 0 Å². The Labute approximate surface area is 67.5 Å². The Balaban J connectivity index is 3.32. The van der Waals surface area contributed by atoms with E-state index < -0.39 is 0 Å². The summed E-state index contributed by atoms with van der Waals surface area (Å²) in [7, 11) is 0. The van der Waals surface area contributed by atoms with E-state index >= 15 is 0 Å². The second-order valence-electron chi connectivity index (χ2n) is 2.14. The Hall–Kier alpha value is -0.860. The summed E-state index contributed by atoms with van der Waals surface area (Å²) in [5.41, 5.74) is 0. The standard InChI is InChI=1S/C8H15NO2/c1-3-5-6-9-7-8(10)11-4-2/h7H,3-6H2,1-2H3. The monoisotopic (exact) mass is 157 g/mol. The lowest BCUT2D eigenvalue weighted by Crippen LogP contribution is -2.04. The molecule has 64 valence electrons. The zero-order chi connectivity index (χ0) is 8.53. The van der Waals surface area contributed by atoms with Crippen LogP contribution in [0.2, 0.25) is 0 Å². The number of nitrogens with zero attached hydrogens (tertiary/aromatic N) is 1. The van der Waals surface area contributed by atoms with E-state index in [-0.39, 0.29) is 5.97 Å². The third-order valence-electron chi connectivity index (χ3n) is 1.12. The van der Waals surface area contributed by atoms with Crippen molar-refractivity contribution in [3.8, 4) is 0 Å². The average molecular weight is 157 g/mol. The minimum atomic E-state index is -0.344. The second-order valence-corrected chi connectivity index (χ2v) is 2.14. The van der Waals surface area contributed by atoms with Crippen molar-refractivity contribution in [2.24, 2.45) is 4.99 Å². The quantitative estimate of drug-likeness (QED) is 0.344. The maximum Gasteiger partial charge on any atom is 0.348 e. The lowest BCUT2D eigenvalue weighted by atomic mass is 10.3. The van der Waals surface area contributed by atoms with E-state index in [0.29, 0.717) is 6.61 Å². The highest BCUT2D eigenvalue weighted by Gasteiger charge is 1.92. The molecule has 0 unspecified atom stereocenters. The zero-order valence-electron chi connectivity index (χ0n) is 7.17. The van der Waals surface area contributed by atoms with E-state index in [4.69, 9.17) is 0 Å². The van der Waals surface area contributed by atoms with Crippen LogP contribution in [0, 0.1) is 0 Å². The molecule has 0 saturated heterocycles. The number of esters is 1. The lowest BCUT2D eigenvalue weighted by molar-refractivity contribution is -0.134. The summed E-state index contributed by atoms with van der Waals surface area (Å²) < 4.78 is 4.63. The fraction of sp³-hybridized carbons (Fsp3) is 0.750.